The Kier molecular flexibility index (Phi) is 6.20. The average Bonchev–Trinajstić information content (AvgIpc) is 2.85. The second kappa shape index (κ2) is 9.28. The summed E-state index contributed by atoms with van der Waals surface area (Å²) >= 11 is 12.4. The quantitative estimate of drug-likeness (QED) is 0.307. The van der Waals surface area contributed by atoms with Crippen LogP contribution in [0.4, 0.5) is 0 Å². The summed E-state index contributed by atoms with van der Waals surface area (Å²) < 4.78 is 6.32. The van der Waals surface area contributed by atoms with Crippen LogP contribution in [-0.2, 0) is 4.79 Å². The van der Waals surface area contributed by atoms with Crippen molar-refractivity contribution in [3.8, 4) is 5.75 Å². The van der Waals surface area contributed by atoms with Crippen LogP contribution < -0.4 is 4.74 Å². The van der Waals surface area contributed by atoms with Crippen LogP contribution in [0, 0.1) is 0 Å². The molecule has 1 fully saturated rings. The van der Waals surface area contributed by atoms with Crippen LogP contribution in [0.3, 0.4) is 0 Å². The maximum atomic E-state index is 13.6. The fraction of sp³-hybridized carbons (Fsp3) is 0.214. The van der Waals surface area contributed by atoms with E-state index in [1.807, 2.05) is 71.6 Å². The van der Waals surface area contributed by atoms with Crippen LogP contribution in [0.2, 0.25) is 10.0 Å². The number of amides is 1. The molecular formula is C28H23Cl2NO3. The number of halogens is 2. The molecule has 0 aliphatic carbocycles. The van der Waals surface area contributed by atoms with Crippen LogP contribution in [0.1, 0.15) is 40.7 Å². The summed E-state index contributed by atoms with van der Waals surface area (Å²) in [5.74, 6) is 0.340. The van der Waals surface area contributed by atoms with Crippen molar-refractivity contribution in [2.45, 2.75) is 24.9 Å². The molecular weight excluding hydrogens is 469 g/mol. The summed E-state index contributed by atoms with van der Waals surface area (Å²) in [6, 6.07) is 22.7. The van der Waals surface area contributed by atoms with Crippen molar-refractivity contribution in [2.24, 2.45) is 0 Å². The summed E-state index contributed by atoms with van der Waals surface area (Å²) in [7, 11) is 0. The summed E-state index contributed by atoms with van der Waals surface area (Å²) in [5.41, 5.74) is 2.26. The number of piperidine rings is 1. The van der Waals surface area contributed by atoms with Gasteiger partial charge in [0.25, 0.3) is 5.91 Å². The predicted octanol–water partition coefficient (Wildman–Crippen LogP) is 6.56. The van der Waals surface area contributed by atoms with E-state index in [4.69, 9.17) is 27.9 Å². The minimum atomic E-state index is -0.658. The van der Waals surface area contributed by atoms with Gasteiger partial charge >= 0.3 is 0 Å². The molecule has 3 aromatic carbocycles. The molecule has 2 aliphatic heterocycles. The van der Waals surface area contributed by atoms with Crippen molar-refractivity contribution < 1.29 is 14.3 Å². The Labute approximate surface area is 208 Å². The minimum Gasteiger partial charge on any atom is -0.484 e. The van der Waals surface area contributed by atoms with Crippen molar-refractivity contribution in [2.75, 3.05) is 13.1 Å². The highest BCUT2D eigenvalue weighted by atomic mass is 35.5. The van der Waals surface area contributed by atoms with E-state index in [1.165, 1.54) is 0 Å². The van der Waals surface area contributed by atoms with Crippen molar-refractivity contribution in [3.05, 3.63) is 99.5 Å². The summed E-state index contributed by atoms with van der Waals surface area (Å²) in [4.78, 5) is 28.4. The Balaban J connectivity index is 1.38. The number of fused-ring (bicyclic) bond motifs is 1. The van der Waals surface area contributed by atoms with Gasteiger partial charge in [-0.25, -0.2) is 0 Å². The molecule has 4 nitrogen and oxygen atoms in total. The van der Waals surface area contributed by atoms with Crippen LogP contribution in [0.15, 0.2) is 72.8 Å². The lowest BCUT2D eigenvalue weighted by Gasteiger charge is -2.44. The lowest BCUT2D eigenvalue weighted by Crippen LogP contribution is -2.52. The van der Waals surface area contributed by atoms with Gasteiger partial charge in [0.1, 0.15) is 11.4 Å². The number of ether oxygens (including phenoxy) is 1. The first-order valence-electron chi connectivity index (χ1n) is 11.3. The highest BCUT2D eigenvalue weighted by Gasteiger charge is 2.44. The van der Waals surface area contributed by atoms with Crippen LogP contribution in [-0.4, -0.2) is 35.3 Å². The van der Waals surface area contributed by atoms with E-state index < -0.39 is 5.60 Å². The smallest absolute Gasteiger partial charge is 0.254 e. The maximum Gasteiger partial charge on any atom is 0.254 e. The van der Waals surface area contributed by atoms with Gasteiger partial charge in [-0.3, -0.25) is 9.59 Å². The van der Waals surface area contributed by atoms with E-state index >= 15 is 0 Å². The van der Waals surface area contributed by atoms with Gasteiger partial charge in [-0.2, -0.15) is 0 Å². The SMILES string of the molecule is O=C1CC2(CCN(C(=O)/C(=C\c3ccccc3)c3ccccc3)CC2)Oc2c(Cl)cc(Cl)cc21. The molecule has 2 aliphatic rings. The molecule has 1 spiro atoms. The summed E-state index contributed by atoms with van der Waals surface area (Å²) in [5, 5.41) is 0.751. The zero-order chi connectivity index (χ0) is 23.7. The third-order valence-corrected chi connectivity index (χ3v) is 7.00. The van der Waals surface area contributed by atoms with E-state index in [9.17, 15) is 9.59 Å². The van der Waals surface area contributed by atoms with Crippen molar-refractivity contribution >= 4 is 46.5 Å². The molecule has 1 amide bonds. The third-order valence-electron chi connectivity index (χ3n) is 6.50. The van der Waals surface area contributed by atoms with Crippen LogP contribution >= 0.6 is 23.2 Å². The van der Waals surface area contributed by atoms with Gasteiger partial charge in [-0.05, 0) is 29.3 Å². The van der Waals surface area contributed by atoms with E-state index in [0.717, 1.165) is 11.1 Å². The standard InChI is InChI=1S/C28H23Cl2NO3/c29-21-16-23-25(32)18-28(34-26(23)24(30)17-21)11-13-31(14-12-28)27(33)22(20-9-5-2-6-10-20)15-19-7-3-1-4-8-19/h1-10,15-17H,11-14,18H2/b22-15-. The van der Waals surface area contributed by atoms with Gasteiger partial charge in [0.15, 0.2) is 5.78 Å². The second-order valence-electron chi connectivity index (χ2n) is 8.78. The molecule has 34 heavy (non-hydrogen) atoms. The Morgan fingerprint density at radius 2 is 1.59 bits per heavy atom. The van der Waals surface area contributed by atoms with Crippen LogP contribution in [0.5, 0.6) is 5.75 Å². The fourth-order valence-electron chi connectivity index (χ4n) is 4.68. The molecule has 0 saturated carbocycles. The van der Waals surface area contributed by atoms with Gasteiger partial charge in [-0.1, -0.05) is 83.9 Å². The second-order valence-corrected chi connectivity index (χ2v) is 9.62. The predicted molar refractivity (Wildman–Crippen MR) is 135 cm³/mol. The number of nitrogens with zero attached hydrogens (tertiary/aromatic N) is 1. The number of benzene rings is 3. The molecule has 3 aromatic rings. The monoisotopic (exact) mass is 491 g/mol. The highest BCUT2D eigenvalue weighted by Crippen LogP contribution is 2.44. The first-order chi connectivity index (χ1) is 16.4. The number of hydrogen-bond acceptors (Lipinski definition) is 3. The lowest BCUT2D eigenvalue weighted by atomic mass is 9.82. The average molecular weight is 492 g/mol. The molecule has 6 heteroatoms. The first-order valence-corrected chi connectivity index (χ1v) is 12.0. The largest absolute Gasteiger partial charge is 0.484 e. The molecule has 0 N–H and O–H groups in total. The molecule has 0 atom stereocenters. The fourth-order valence-corrected chi connectivity index (χ4v) is 5.21. The molecule has 5 rings (SSSR count). The lowest BCUT2D eigenvalue weighted by molar-refractivity contribution is -0.128. The molecule has 1 saturated heterocycles. The van der Waals surface area contributed by atoms with Crippen LogP contribution in [0.25, 0.3) is 11.6 Å². The third kappa shape index (κ3) is 4.48. The zero-order valence-corrected chi connectivity index (χ0v) is 20.0. The van der Waals surface area contributed by atoms with Gasteiger partial charge in [-0.15, -0.1) is 0 Å². The van der Waals surface area contributed by atoms with Gasteiger partial charge in [0.05, 0.1) is 17.0 Å². The number of ketones is 1. The summed E-state index contributed by atoms with van der Waals surface area (Å²) in [6.45, 7) is 0.983. The van der Waals surface area contributed by atoms with Crippen molar-refractivity contribution in [1.29, 1.82) is 0 Å². The molecule has 2 heterocycles. The minimum absolute atomic E-state index is 0.0284. The Hall–Kier alpha value is -3.08. The zero-order valence-electron chi connectivity index (χ0n) is 18.5. The molecule has 172 valence electrons. The van der Waals surface area contributed by atoms with E-state index in [1.54, 1.807) is 12.1 Å². The van der Waals surface area contributed by atoms with Gasteiger partial charge < -0.3 is 9.64 Å². The first kappa shape index (κ1) is 22.7. The molecule has 0 aromatic heterocycles. The van der Waals surface area contributed by atoms with Gasteiger partial charge in [0.2, 0.25) is 0 Å². The van der Waals surface area contributed by atoms with Crippen molar-refractivity contribution in [3.63, 3.8) is 0 Å². The Morgan fingerprint density at radius 3 is 2.26 bits per heavy atom. The van der Waals surface area contributed by atoms with Crippen molar-refractivity contribution in [1.82, 2.24) is 4.90 Å². The number of carbonyl (C=O) groups is 2. The molecule has 0 bridgehead atoms. The molecule has 0 unspecified atom stereocenters. The number of carbonyl (C=O) groups excluding carboxylic acids is 2. The van der Waals surface area contributed by atoms with E-state index in [0.29, 0.717) is 52.9 Å². The number of Topliss-reactive ketones (excluding diaryl/α,β-unsaturated/α-hetero) is 1. The highest BCUT2D eigenvalue weighted by molar-refractivity contribution is 6.36. The number of hydrogen-bond donors (Lipinski definition) is 0. The maximum absolute atomic E-state index is 13.6. The Bertz CT molecular complexity index is 1260. The molecule has 0 radical (unpaired) electrons. The normalized spacial score (nSPS) is 17.3. The summed E-state index contributed by atoms with van der Waals surface area (Å²) in [6.07, 6.45) is 3.29. The Morgan fingerprint density at radius 1 is 0.941 bits per heavy atom. The number of likely N-dealkylation sites (tertiary alicyclic amines) is 1. The van der Waals surface area contributed by atoms with E-state index in [2.05, 4.69) is 0 Å². The number of rotatable bonds is 3. The van der Waals surface area contributed by atoms with E-state index in [-0.39, 0.29) is 18.1 Å². The van der Waals surface area contributed by atoms with Gasteiger partial charge in [0, 0.05) is 36.5 Å². The topological polar surface area (TPSA) is 46.6 Å².